The number of nitrogens with zero attached hydrogens (tertiary/aromatic N) is 1. The third kappa shape index (κ3) is 3.55. The molecule has 2 amide bonds. The fourth-order valence-electron chi connectivity index (χ4n) is 1.76. The maximum Gasteiger partial charge on any atom is 0.326 e. The highest BCUT2D eigenvalue weighted by Gasteiger charge is 2.13. The first kappa shape index (κ1) is 14.9. The van der Waals surface area contributed by atoms with Gasteiger partial charge in [-0.3, -0.25) is 4.90 Å². The van der Waals surface area contributed by atoms with Crippen molar-refractivity contribution in [3.63, 3.8) is 0 Å². The van der Waals surface area contributed by atoms with Crippen LogP contribution in [0.15, 0.2) is 42.5 Å². The minimum atomic E-state index is -0.824. The number of anilines is 2. The van der Waals surface area contributed by atoms with E-state index in [1.807, 2.05) is 0 Å². The van der Waals surface area contributed by atoms with Crippen LogP contribution in [0.2, 0.25) is 0 Å². The molecule has 0 aromatic heterocycles. The minimum Gasteiger partial charge on any atom is -0.326 e. The normalized spacial score (nSPS) is 10.3. The van der Waals surface area contributed by atoms with Gasteiger partial charge in [-0.15, -0.1) is 0 Å². The van der Waals surface area contributed by atoms with Gasteiger partial charge in [0.2, 0.25) is 0 Å². The van der Waals surface area contributed by atoms with Gasteiger partial charge >= 0.3 is 6.03 Å². The molecular weight excluding hydrogens is 276 g/mol. The lowest BCUT2D eigenvalue weighted by Gasteiger charge is -2.18. The van der Waals surface area contributed by atoms with Crippen LogP contribution in [0.1, 0.15) is 5.56 Å². The van der Waals surface area contributed by atoms with Crippen LogP contribution in [0.5, 0.6) is 0 Å². The second-order valence-corrected chi connectivity index (χ2v) is 4.48. The van der Waals surface area contributed by atoms with Gasteiger partial charge in [0.15, 0.2) is 0 Å². The van der Waals surface area contributed by atoms with Crippen LogP contribution < -0.4 is 16.0 Å². The Hall–Kier alpha value is -2.47. The molecule has 0 aliphatic heterocycles. The second kappa shape index (κ2) is 6.32. The lowest BCUT2D eigenvalue weighted by atomic mass is 10.2. The summed E-state index contributed by atoms with van der Waals surface area (Å²) in [5.41, 5.74) is 7.00. The molecule has 0 heterocycles. The van der Waals surface area contributed by atoms with E-state index in [2.05, 4.69) is 5.32 Å². The van der Waals surface area contributed by atoms with Crippen molar-refractivity contribution in [1.82, 2.24) is 0 Å². The zero-order chi connectivity index (χ0) is 15.4. The van der Waals surface area contributed by atoms with Crippen LogP contribution in [-0.2, 0) is 6.54 Å². The quantitative estimate of drug-likeness (QED) is 0.913. The number of amides is 2. The van der Waals surface area contributed by atoms with Crippen LogP contribution >= 0.6 is 0 Å². The standard InChI is InChI=1S/C15H15F2N3O/c1-20(12-5-2-10(9-18)3-6-12)15(21)19-14-7-4-11(16)8-13(14)17/h2-8H,9,18H2,1H3,(H,19,21). The lowest BCUT2D eigenvalue weighted by molar-refractivity contribution is 0.258. The van der Waals surface area contributed by atoms with Crippen molar-refractivity contribution in [3.8, 4) is 0 Å². The molecular formula is C15H15F2N3O. The van der Waals surface area contributed by atoms with E-state index in [4.69, 9.17) is 5.73 Å². The third-order valence-electron chi connectivity index (χ3n) is 3.04. The first-order valence-corrected chi connectivity index (χ1v) is 6.30. The number of urea groups is 1. The molecule has 3 N–H and O–H groups in total. The highest BCUT2D eigenvalue weighted by molar-refractivity contribution is 6.01. The molecule has 21 heavy (non-hydrogen) atoms. The van der Waals surface area contributed by atoms with Gasteiger partial charge in [0.25, 0.3) is 0 Å². The number of carbonyl (C=O) groups excluding carboxylic acids is 1. The molecule has 2 aromatic carbocycles. The van der Waals surface area contributed by atoms with E-state index in [1.165, 1.54) is 11.0 Å². The maximum atomic E-state index is 13.5. The van der Waals surface area contributed by atoms with E-state index < -0.39 is 17.7 Å². The Bertz CT molecular complexity index is 644. The number of hydrogen-bond acceptors (Lipinski definition) is 2. The summed E-state index contributed by atoms with van der Waals surface area (Å²) in [6.07, 6.45) is 0. The smallest absolute Gasteiger partial charge is 0.326 e. The molecule has 0 saturated carbocycles. The molecule has 0 aliphatic rings. The van der Waals surface area contributed by atoms with Gasteiger partial charge in [0.1, 0.15) is 11.6 Å². The zero-order valence-corrected chi connectivity index (χ0v) is 11.4. The first-order valence-electron chi connectivity index (χ1n) is 6.30. The van der Waals surface area contributed by atoms with Gasteiger partial charge in [0.05, 0.1) is 5.69 Å². The van der Waals surface area contributed by atoms with E-state index in [0.29, 0.717) is 18.3 Å². The SMILES string of the molecule is CN(C(=O)Nc1ccc(F)cc1F)c1ccc(CN)cc1. The Morgan fingerprint density at radius 2 is 1.86 bits per heavy atom. The predicted molar refractivity (Wildman–Crippen MR) is 78.1 cm³/mol. The summed E-state index contributed by atoms with van der Waals surface area (Å²) in [6.45, 7) is 0.414. The highest BCUT2D eigenvalue weighted by Crippen LogP contribution is 2.18. The second-order valence-electron chi connectivity index (χ2n) is 4.48. The van der Waals surface area contributed by atoms with Crippen LogP contribution in [-0.4, -0.2) is 13.1 Å². The molecule has 0 unspecified atom stereocenters. The summed E-state index contributed by atoms with van der Waals surface area (Å²) < 4.78 is 26.3. The Morgan fingerprint density at radius 1 is 1.19 bits per heavy atom. The van der Waals surface area contributed by atoms with Crippen molar-refractivity contribution in [3.05, 3.63) is 59.7 Å². The monoisotopic (exact) mass is 291 g/mol. The molecule has 2 rings (SSSR count). The van der Waals surface area contributed by atoms with Gasteiger partial charge in [-0.25, -0.2) is 13.6 Å². The maximum absolute atomic E-state index is 13.5. The molecule has 2 aromatic rings. The van der Waals surface area contributed by atoms with Crippen molar-refractivity contribution in [2.75, 3.05) is 17.3 Å². The van der Waals surface area contributed by atoms with E-state index in [9.17, 15) is 13.6 Å². The molecule has 4 nitrogen and oxygen atoms in total. The van der Waals surface area contributed by atoms with Crippen molar-refractivity contribution in [1.29, 1.82) is 0 Å². The number of rotatable bonds is 3. The van der Waals surface area contributed by atoms with Crippen LogP contribution in [0.4, 0.5) is 25.0 Å². The number of nitrogens with one attached hydrogen (secondary N) is 1. The summed E-state index contributed by atoms with van der Waals surface area (Å²) in [5.74, 6) is -1.52. The van der Waals surface area contributed by atoms with Crippen LogP contribution in [0, 0.1) is 11.6 Å². The number of hydrogen-bond donors (Lipinski definition) is 2. The largest absolute Gasteiger partial charge is 0.326 e. The van der Waals surface area contributed by atoms with Crippen LogP contribution in [0.3, 0.4) is 0 Å². The first-order chi connectivity index (χ1) is 10.0. The summed E-state index contributed by atoms with van der Waals surface area (Å²) in [6, 6.07) is 9.52. The molecule has 0 atom stereocenters. The Labute approximate surface area is 121 Å². The number of carbonyl (C=O) groups is 1. The summed E-state index contributed by atoms with van der Waals surface area (Å²) in [5, 5.41) is 2.38. The highest BCUT2D eigenvalue weighted by atomic mass is 19.1. The Kier molecular flexibility index (Phi) is 4.49. The average molecular weight is 291 g/mol. The van der Waals surface area contributed by atoms with Crippen LogP contribution in [0.25, 0.3) is 0 Å². The Balaban J connectivity index is 2.11. The molecule has 6 heteroatoms. The zero-order valence-electron chi connectivity index (χ0n) is 11.4. The van der Waals surface area contributed by atoms with E-state index >= 15 is 0 Å². The number of benzene rings is 2. The van der Waals surface area contributed by atoms with Crippen molar-refractivity contribution >= 4 is 17.4 Å². The van der Waals surface area contributed by atoms with Crippen molar-refractivity contribution in [2.45, 2.75) is 6.54 Å². The van der Waals surface area contributed by atoms with Gasteiger partial charge in [0, 0.05) is 25.3 Å². The molecule has 0 bridgehead atoms. The average Bonchev–Trinajstić information content (AvgIpc) is 2.49. The lowest BCUT2D eigenvalue weighted by Crippen LogP contribution is -2.31. The molecule has 110 valence electrons. The number of halogens is 2. The van der Waals surface area contributed by atoms with E-state index in [0.717, 1.165) is 11.6 Å². The molecule has 0 radical (unpaired) electrons. The predicted octanol–water partition coefficient (Wildman–Crippen LogP) is 3.09. The fourth-order valence-corrected chi connectivity index (χ4v) is 1.76. The van der Waals surface area contributed by atoms with Gasteiger partial charge in [-0.05, 0) is 29.8 Å². The summed E-state index contributed by atoms with van der Waals surface area (Å²) in [4.78, 5) is 13.4. The van der Waals surface area contributed by atoms with E-state index in [1.54, 1.807) is 31.3 Å². The van der Waals surface area contributed by atoms with Crippen molar-refractivity contribution in [2.24, 2.45) is 5.73 Å². The summed E-state index contributed by atoms with van der Waals surface area (Å²) >= 11 is 0. The van der Waals surface area contributed by atoms with Gasteiger partial charge in [-0.2, -0.15) is 0 Å². The minimum absolute atomic E-state index is 0.0770. The molecule has 0 spiro atoms. The summed E-state index contributed by atoms with van der Waals surface area (Å²) in [7, 11) is 1.55. The number of nitrogens with two attached hydrogens (primary N) is 1. The molecule has 0 aliphatic carbocycles. The van der Waals surface area contributed by atoms with E-state index in [-0.39, 0.29) is 5.69 Å². The Morgan fingerprint density at radius 3 is 2.43 bits per heavy atom. The molecule has 0 fully saturated rings. The van der Waals surface area contributed by atoms with Gasteiger partial charge in [-0.1, -0.05) is 12.1 Å². The topological polar surface area (TPSA) is 58.4 Å². The molecule has 0 saturated heterocycles. The van der Waals surface area contributed by atoms with Gasteiger partial charge < -0.3 is 11.1 Å². The van der Waals surface area contributed by atoms with Crippen molar-refractivity contribution < 1.29 is 13.6 Å². The third-order valence-corrected chi connectivity index (χ3v) is 3.04. The fraction of sp³-hybridized carbons (Fsp3) is 0.133.